The van der Waals surface area contributed by atoms with E-state index in [2.05, 4.69) is 42.3 Å². The fourth-order valence-corrected chi connectivity index (χ4v) is 0.999. The number of likely N-dealkylation sites (N-methyl/N-ethyl adjacent to an activating group) is 2. The predicted octanol–water partition coefficient (Wildman–Crippen LogP) is 0.854. The number of hydrogen-bond acceptors (Lipinski definition) is 2. The molecule has 0 saturated carbocycles. The van der Waals surface area contributed by atoms with Gasteiger partial charge < -0.3 is 18.4 Å². The second-order valence-electron chi connectivity index (χ2n) is 6.25. The molecule has 0 aromatic carbocycles. The van der Waals surface area contributed by atoms with Crippen LogP contribution in [0.4, 0.5) is 0 Å². The van der Waals surface area contributed by atoms with E-state index in [9.17, 15) is 0 Å². The van der Waals surface area contributed by atoms with Crippen LogP contribution >= 0.6 is 12.4 Å². The number of ether oxygens (including phenoxy) is 2. The minimum atomic E-state index is 0. The van der Waals surface area contributed by atoms with E-state index in [-0.39, 0.29) is 12.4 Å². The zero-order valence-corrected chi connectivity index (χ0v) is 13.2. The van der Waals surface area contributed by atoms with Gasteiger partial charge >= 0.3 is 0 Å². The van der Waals surface area contributed by atoms with Gasteiger partial charge in [0.25, 0.3) is 0 Å². The molecule has 0 fully saturated rings. The van der Waals surface area contributed by atoms with Crippen LogP contribution in [0.5, 0.6) is 0 Å². The van der Waals surface area contributed by atoms with E-state index in [0.717, 1.165) is 35.3 Å². The summed E-state index contributed by atoms with van der Waals surface area (Å²) >= 11 is 0. The average Bonchev–Trinajstić information content (AvgIpc) is 2.06. The lowest BCUT2D eigenvalue weighted by Crippen LogP contribution is -2.38. The normalized spacial score (nSPS) is 12.4. The summed E-state index contributed by atoms with van der Waals surface area (Å²) in [6, 6.07) is 0. The highest BCUT2D eigenvalue weighted by Gasteiger charge is 2.06. The Morgan fingerprint density at radius 3 is 1.12 bits per heavy atom. The van der Waals surface area contributed by atoms with Crippen LogP contribution in [-0.4, -0.2) is 90.8 Å². The van der Waals surface area contributed by atoms with Crippen molar-refractivity contribution >= 4 is 12.4 Å². The summed E-state index contributed by atoms with van der Waals surface area (Å²) in [5, 5.41) is 0. The molecule has 0 aromatic heterocycles. The van der Waals surface area contributed by atoms with Crippen molar-refractivity contribution in [2.45, 2.75) is 0 Å². The van der Waals surface area contributed by atoms with Crippen LogP contribution in [-0.2, 0) is 9.47 Å². The van der Waals surface area contributed by atoms with Crippen molar-refractivity contribution in [2.24, 2.45) is 0 Å². The first-order valence-electron chi connectivity index (χ1n) is 5.97. The van der Waals surface area contributed by atoms with Crippen LogP contribution < -0.4 is 0 Å². The highest BCUT2D eigenvalue weighted by atomic mass is 35.5. The molecular weight excluding hydrogens is 240 g/mol. The van der Waals surface area contributed by atoms with Crippen LogP contribution in [0, 0.1) is 0 Å². The molecule has 0 aliphatic heterocycles. The summed E-state index contributed by atoms with van der Waals surface area (Å²) in [6.45, 7) is 5.11. The van der Waals surface area contributed by atoms with Gasteiger partial charge in [0.1, 0.15) is 13.1 Å². The Morgan fingerprint density at radius 2 is 0.882 bits per heavy atom. The maximum absolute atomic E-state index is 5.50. The summed E-state index contributed by atoms with van der Waals surface area (Å²) in [4.78, 5) is 0. The van der Waals surface area contributed by atoms with Gasteiger partial charge in [-0.15, -0.1) is 12.4 Å². The van der Waals surface area contributed by atoms with Gasteiger partial charge in [-0.25, -0.2) is 0 Å². The van der Waals surface area contributed by atoms with Gasteiger partial charge in [-0.3, -0.25) is 0 Å². The van der Waals surface area contributed by atoms with Crippen LogP contribution in [0.25, 0.3) is 0 Å². The van der Waals surface area contributed by atoms with Crippen molar-refractivity contribution in [2.75, 3.05) is 81.8 Å². The van der Waals surface area contributed by atoms with Crippen molar-refractivity contribution in [3.8, 4) is 0 Å². The maximum atomic E-state index is 5.50. The predicted molar refractivity (Wildman–Crippen MR) is 74.7 cm³/mol. The number of rotatable bonds is 9. The van der Waals surface area contributed by atoms with Crippen molar-refractivity contribution in [1.29, 1.82) is 0 Å². The molecule has 0 aliphatic carbocycles. The molecule has 0 heterocycles. The molecule has 0 aromatic rings. The fourth-order valence-electron chi connectivity index (χ4n) is 0.999. The van der Waals surface area contributed by atoms with E-state index >= 15 is 0 Å². The van der Waals surface area contributed by atoms with Gasteiger partial charge in [-0.2, -0.15) is 0 Å². The number of nitrogens with zero attached hydrogens (tertiary/aromatic N) is 2. The molecule has 17 heavy (non-hydrogen) atoms. The van der Waals surface area contributed by atoms with E-state index in [1.54, 1.807) is 0 Å². The largest absolute Gasteiger partial charge is 0.373 e. The zero-order chi connectivity index (χ0) is 12.7. The van der Waals surface area contributed by atoms with Crippen LogP contribution in [0.1, 0.15) is 0 Å². The Hall–Kier alpha value is 0.130. The second-order valence-corrected chi connectivity index (χ2v) is 6.25. The van der Waals surface area contributed by atoms with Crippen molar-refractivity contribution in [3.05, 3.63) is 0 Å². The molecule has 0 aliphatic rings. The van der Waals surface area contributed by atoms with E-state index in [0.29, 0.717) is 13.2 Å². The molecule has 0 atom stereocenters. The minimum Gasteiger partial charge on any atom is -0.373 e. The molecule has 106 valence electrons. The fraction of sp³-hybridized carbons (Fsp3) is 1.00. The third-order valence-electron chi connectivity index (χ3n) is 2.18. The quantitative estimate of drug-likeness (QED) is 0.457. The first-order valence-corrected chi connectivity index (χ1v) is 5.97. The zero-order valence-electron chi connectivity index (χ0n) is 12.4. The summed E-state index contributed by atoms with van der Waals surface area (Å²) in [5.41, 5.74) is 0. The van der Waals surface area contributed by atoms with E-state index in [1.807, 2.05) is 0 Å². The standard InChI is InChI=1S/C12H30N2O2.ClH/c1-13(2,3)7-9-15-11-12-16-10-8-14(4,5)6;/h7-12H2,1-6H3;1H/q+2;. The van der Waals surface area contributed by atoms with E-state index in [1.165, 1.54) is 0 Å². The Labute approximate surface area is 113 Å². The lowest BCUT2D eigenvalue weighted by Gasteiger charge is -2.24. The summed E-state index contributed by atoms with van der Waals surface area (Å²) < 4.78 is 12.9. The Balaban J connectivity index is 0. The van der Waals surface area contributed by atoms with Gasteiger partial charge in [0, 0.05) is 0 Å². The van der Waals surface area contributed by atoms with Crippen LogP contribution in [0.2, 0.25) is 0 Å². The molecule has 4 nitrogen and oxygen atoms in total. The summed E-state index contributed by atoms with van der Waals surface area (Å²) in [5.74, 6) is 0. The van der Waals surface area contributed by atoms with Crippen LogP contribution in [0.15, 0.2) is 0 Å². The monoisotopic (exact) mass is 270 g/mol. The number of hydrogen-bond donors (Lipinski definition) is 0. The summed E-state index contributed by atoms with van der Waals surface area (Å²) in [6.07, 6.45) is 0. The smallest absolute Gasteiger partial charge is 0.102 e. The van der Waals surface area contributed by atoms with Crippen molar-refractivity contribution < 1.29 is 18.4 Å². The topological polar surface area (TPSA) is 18.5 Å². The molecule has 0 N–H and O–H groups in total. The average molecular weight is 271 g/mol. The van der Waals surface area contributed by atoms with Gasteiger partial charge in [0.15, 0.2) is 0 Å². The molecule has 0 saturated heterocycles. The van der Waals surface area contributed by atoms with Crippen LogP contribution in [0.3, 0.4) is 0 Å². The molecule has 0 unspecified atom stereocenters. The van der Waals surface area contributed by atoms with Crippen molar-refractivity contribution in [1.82, 2.24) is 0 Å². The molecule has 0 amide bonds. The Kier molecular flexibility index (Phi) is 10.4. The lowest BCUT2D eigenvalue weighted by atomic mass is 10.5. The molecule has 0 bridgehead atoms. The minimum absolute atomic E-state index is 0. The maximum Gasteiger partial charge on any atom is 0.102 e. The van der Waals surface area contributed by atoms with Crippen molar-refractivity contribution in [3.63, 3.8) is 0 Å². The Bertz CT molecular complexity index is 156. The van der Waals surface area contributed by atoms with Gasteiger partial charge in [-0.05, 0) is 0 Å². The SMILES string of the molecule is C[N+](C)(C)CCOCCOCC[N+](C)(C)C.Cl. The second kappa shape index (κ2) is 9.11. The van der Waals surface area contributed by atoms with E-state index in [4.69, 9.17) is 9.47 Å². The molecule has 0 rings (SSSR count). The summed E-state index contributed by atoms with van der Waals surface area (Å²) in [7, 11) is 13.0. The Morgan fingerprint density at radius 1 is 0.588 bits per heavy atom. The van der Waals surface area contributed by atoms with Gasteiger partial charge in [0.2, 0.25) is 0 Å². The molecular formula is C12H31ClN2O2+2. The number of halogens is 1. The number of quaternary nitrogens is 2. The lowest BCUT2D eigenvalue weighted by molar-refractivity contribution is -0.871. The highest BCUT2D eigenvalue weighted by molar-refractivity contribution is 5.85. The third-order valence-corrected chi connectivity index (χ3v) is 2.18. The first kappa shape index (κ1) is 19.5. The van der Waals surface area contributed by atoms with Gasteiger partial charge in [0.05, 0.1) is 68.7 Å². The van der Waals surface area contributed by atoms with Gasteiger partial charge in [-0.1, -0.05) is 0 Å². The molecule has 0 spiro atoms. The molecule has 5 heteroatoms. The highest BCUT2D eigenvalue weighted by Crippen LogP contribution is 1.91. The molecule has 0 radical (unpaired) electrons. The first-order chi connectivity index (χ1) is 7.21. The third kappa shape index (κ3) is 18.7. The van der Waals surface area contributed by atoms with E-state index < -0.39 is 0 Å².